The van der Waals surface area contributed by atoms with Crippen LogP contribution < -0.4 is 10.0 Å². The fourth-order valence-corrected chi connectivity index (χ4v) is 2.52. The molecule has 1 heterocycles. The second-order valence-electron chi connectivity index (χ2n) is 3.67. The predicted molar refractivity (Wildman–Crippen MR) is 59.4 cm³/mol. The van der Waals surface area contributed by atoms with Crippen LogP contribution >= 0.6 is 0 Å². The molecule has 0 bridgehead atoms. The Morgan fingerprint density at radius 1 is 1.47 bits per heavy atom. The van der Waals surface area contributed by atoms with Gasteiger partial charge in [-0.05, 0) is 37.1 Å². The van der Waals surface area contributed by atoms with Gasteiger partial charge in [0.05, 0.1) is 4.90 Å². The quantitative estimate of drug-likeness (QED) is 0.808. The summed E-state index contributed by atoms with van der Waals surface area (Å²) in [5.74, 6) is 0. The minimum atomic E-state index is -3.57. The van der Waals surface area contributed by atoms with Crippen LogP contribution in [0.2, 0.25) is 0 Å². The van der Waals surface area contributed by atoms with Crippen molar-refractivity contribution < 1.29 is 8.42 Å². The number of fused-ring (bicyclic) bond motifs is 1. The van der Waals surface area contributed by atoms with E-state index < -0.39 is 10.0 Å². The fourth-order valence-electron chi connectivity index (χ4n) is 1.95. The molecule has 0 unspecified atom stereocenters. The maximum Gasteiger partial charge on any atom is 0.238 e. The first-order valence-corrected chi connectivity index (χ1v) is 6.47. The van der Waals surface area contributed by atoms with Crippen molar-refractivity contribution in [3.63, 3.8) is 0 Å². The number of hydrogen-bond acceptors (Lipinski definition) is 3. The number of benzene rings is 1. The average molecular weight is 226 g/mol. The van der Waals surface area contributed by atoms with Crippen LogP contribution in [0.4, 0.5) is 5.69 Å². The molecule has 4 nitrogen and oxygen atoms in total. The van der Waals surface area contributed by atoms with Gasteiger partial charge in [0, 0.05) is 18.8 Å². The monoisotopic (exact) mass is 226 g/mol. The van der Waals surface area contributed by atoms with Gasteiger partial charge in [-0.2, -0.15) is 0 Å². The molecule has 0 spiro atoms. The summed E-state index contributed by atoms with van der Waals surface area (Å²) in [7, 11) is -3.57. The lowest BCUT2D eigenvalue weighted by Crippen LogP contribution is -2.19. The molecule has 5 heteroatoms. The van der Waals surface area contributed by atoms with E-state index in [1.54, 1.807) is 12.1 Å². The van der Waals surface area contributed by atoms with E-state index in [1.165, 1.54) is 0 Å². The maximum absolute atomic E-state index is 11.1. The molecule has 1 aromatic rings. The number of likely N-dealkylation sites (N-methyl/N-ethyl adjacent to an activating group) is 1. The number of sulfonamides is 1. The highest BCUT2D eigenvalue weighted by Gasteiger charge is 2.19. The molecule has 0 aliphatic carbocycles. The fraction of sp³-hybridized carbons (Fsp3) is 0.400. The normalized spacial score (nSPS) is 15.5. The number of primary sulfonamides is 1. The van der Waals surface area contributed by atoms with E-state index in [1.807, 2.05) is 6.07 Å². The van der Waals surface area contributed by atoms with Crippen molar-refractivity contribution in [3.8, 4) is 0 Å². The molecule has 0 aromatic heterocycles. The van der Waals surface area contributed by atoms with Gasteiger partial charge in [0.1, 0.15) is 0 Å². The standard InChI is InChI=1S/C10H14N2O2S/c1-2-12-6-5-8-7-9(15(11,13)14)3-4-10(8)12/h3-4,7H,2,5-6H2,1H3,(H2,11,13,14). The van der Waals surface area contributed by atoms with Crippen molar-refractivity contribution in [1.29, 1.82) is 0 Å². The predicted octanol–water partition coefficient (Wildman–Crippen LogP) is 0.716. The van der Waals surface area contributed by atoms with Gasteiger partial charge in [-0.1, -0.05) is 0 Å². The minimum absolute atomic E-state index is 0.208. The van der Waals surface area contributed by atoms with Crippen LogP contribution in [0.15, 0.2) is 23.1 Å². The zero-order valence-electron chi connectivity index (χ0n) is 8.60. The Kier molecular flexibility index (Phi) is 2.44. The van der Waals surface area contributed by atoms with Crippen molar-refractivity contribution in [1.82, 2.24) is 0 Å². The molecule has 82 valence electrons. The molecule has 0 amide bonds. The molecule has 2 N–H and O–H groups in total. The average Bonchev–Trinajstić information content (AvgIpc) is 2.58. The first kappa shape index (κ1) is 10.4. The molecule has 0 fully saturated rings. The Hall–Kier alpha value is -1.07. The topological polar surface area (TPSA) is 63.4 Å². The van der Waals surface area contributed by atoms with Crippen LogP contribution in [-0.4, -0.2) is 21.5 Å². The summed E-state index contributed by atoms with van der Waals surface area (Å²) in [4.78, 5) is 2.43. The molecule has 1 aliphatic rings. The van der Waals surface area contributed by atoms with Crippen LogP contribution in [0, 0.1) is 0 Å². The third kappa shape index (κ3) is 1.85. The molecular formula is C10H14N2O2S. The van der Waals surface area contributed by atoms with Gasteiger partial charge in [0.15, 0.2) is 0 Å². The molecule has 1 aromatic carbocycles. The van der Waals surface area contributed by atoms with Gasteiger partial charge in [-0.15, -0.1) is 0 Å². The summed E-state index contributed by atoms with van der Waals surface area (Å²) in [6.45, 7) is 3.99. The molecule has 0 saturated heterocycles. The Morgan fingerprint density at radius 2 is 2.20 bits per heavy atom. The third-order valence-corrected chi connectivity index (χ3v) is 3.66. The number of hydrogen-bond donors (Lipinski definition) is 1. The molecule has 0 radical (unpaired) electrons. The van der Waals surface area contributed by atoms with Gasteiger partial charge in [0.2, 0.25) is 10.0 Å². The van der Waals surface area contributed by atoms with E-state index in [0.29, 0.717) is 0 Å². The van der Waals surface area contributed by atoms with Crippen molar-refractivity contribution in [3.05, 3.63) is 23.8 Å². The van der Waals surface area contributed by atoms with E-state index in [4.69, 9.17) is 5.14 Å². The summed E-state index contributed by atoms with van der Waals surface area (Å²) in [5.41, 5.74) is 2.20. The summed E-state index contributed by atoms with van der Waals surface area (Å²) < 4.78 is 22.3. The highest BCUT2D eigenvalue weighted by atomic mass is 32.2. The Balaban J connectivity index is 2.46. The minimum Gasteiger partial charge on any atom is -0.371 e. The van der Waals surface area contributed by atoms with Crippen molar-refractivity contribution in [2.75, 3.05) is 18.0 Å². The van der Waals surface area contributed by atoms with Crippen LogP contribution in [0.25, 0.3) is 0 Å². The van der Waals surface area contributed by atoms with Gasteiger partial charge in [0.25, 0.3) is 0 Å². The van der Waals surface area contributed by atoms with Crippen molar-refractivity contribution >= 4 is 15.7 Å². The van der Waals surface area contributed by atoms with E-state index >= 15 is 0 Å². The summed E-state index contributed by atoms with van der Waals surface area (Å²) in [6.07, 6.45) is 0.895. The SMILES string of the molecule is CCN1CCc2cc(S(N)(=O)=O)ccc21. The molecular weight excluding hydrogens is 212 g/mol. The number of rotatable bonds is 2. The molecule has 2 rings (SSSR count). The smallest absolute Gasteiger partial charge is 0.238 e. The lowest BCUT2D eigenvalue weighted by molar-refractivity contribution is 0.597. The first-order chi connectivity index (χ1) is 7.02. The Labute approximate surface area is 89.7 Å². The molecule has 1 aliphatic heterocycles. The summed E-state index contributed by atoms with van der Waals surface area (Å²) in [6, 6.07) is 5.09. The van der Waals surface area contributed by atoms with Crippen LogP contribution in [-0.2, 0) is 16.4 Å². The molecule has 15 heavy (non-hydrogen) atoms. The van der Waals surface area contributed by atoms with E-state index in [-0.39, 0.29) is 4.90 Å². The first-order valence-electron chi connectivity index (χ1n) is 4.93. The summed E-state index contributed by atoms with van der Waals surface area (Å²) >= 11 is 0. The number of nitrogens with zero attached hydrogens (tertiary/aromatic N) is 1. The van der Waals surface area contributed by atoms with Crippen molar-refractivity contribution in [2.45, 2.75) is 18.2 Å². The Bertz CT molecular complexity index is 482. The molecule has 0 saturated carbocycles. The highest BCUT2D eigenvalue weighted by molar-refractivity contribution is 7.89. The number of nitrogens with two attached hydrogens (primary N) is 1. The van der Waals surface area contributed by atoms with Gasteiger partial charge in [-0.25, -0.2) is 13.6 Å². The zero-order chi connectivity index (χ0) is 11.1. The van der Waals surface area contributed by atoms with Crippen LogP contribution in [0.5, 0.6) is 0 Å². The van der Waals surface area contributed by atoms with Crippen LogP contribution in [0.1, 0.15) is 12.5 Å². The second kappa shape index (κ2) is 3.50. The van der Waals surface area contributed by atoms with Crippen molar-refractivity contribution in [2.24, 2.45) is 5.14 Å². The lowest BCUT2D eigenvalue weighted by atomic mass is 10.2. The number of anilines is 1. The largest absolute Gasteiger partial charge is 0.371 e. The summed E-state index contributed by atoms with van der Waals surface area (Å²) in [5, 5.41) is 5.08. The lowest BCUT2D eigenvalue weighted by Gasteiger charge is -2.16. The van der Waals surface area contributed by atoms with Gasteiger partial charge in [-0.3, -0.25) is 0 Å². The van der Waals surface area contributed by atoms with E-state index in [0.717, 1.165) is 30.8 Å². The second-order valence-corrected chi connectivity index (χ2v) is 5.23. The van der Waals surface area contributed by atoms with E-state index in [2.05, 4.69) is 11.8 Å². The third-order valence-electron chi connectivity index (χ3n) is 2.75. The van der Waals surface area contributed by atoms with Gasteiger partial charge < -0.3 is 4.90 Å². The maximum atomic E-state index is 11.1. The highest BCUT2D eigenvalue weighted by Crippen LogP contribution is 2.29. The van der Waals surface area contributed by atoms with Gasteiger partial charge >= 0.3 is 0 Å². The zero-order valence-corrected chi connectivity index (χ0v) is 9.42. The van der Waals surface area contributed by atoms with Crippen LogP contribution in [0.3, 0.4) is 0 Å². The van der Waals surface area contributed by atoms with E-state index in [9.17, 15) is 8.42 Å². The molecule has 0 atom stereocenters. The Morgan fingerprint density at radius 3 is 2.80 bits per heavy atom.